The highest BCUT2D eigenvalue weighted by Gasteiger charge is 2.21. The monoisotopic (exact) mass is 205 g/mol. The van der Waals surface area contributed by atoms with Crippen molar-refractivity contribution >= 4 is 0 Å². The molecule has 0 saturated heterocycles. The summed E-state index contributed by atoms with van der Waals surface area (Å²) in [5.74, 6) is 0.942. The number of nitrogens with two attached hydrogens (primary N) is 1. The van der Waals surface area contributed by atoms with Gasteiger partial charge in [0.1, 0.15) is 5.75 Å². The zero-order valence-corrected chi connectivity index (χ0v) is 9.02. The minimum absolute atomic E-state index is 0.144. The third-order valence-corrected chi connectivity index (χ3v) is 3.44. The average Bonchev–Trinajstić information content (AvgIpc) is 2.30. The second kappa shape index (κ2) is 4.67. The van der Waals surface area contributed by atoms with Gasteiger partial charge in [0.25, 0.3) is 0 Å². The van der Waals surface area contributed by atoms with E-state index in [9.17, 15) is 5.11 Å². The van der Waals surface area contributed by atoms with Crippen molar-refractivity contribution in [2.75, 3.05) is 0 Å². The van der Waals surface area contributed by atoms with E-state index in [0.717, 1.165) is 5.56 Å². The van der Waals surface area contributed by atoms with Crippen LogP contribution in [0.2, 0.25) is 0 Å². The first-order valence-corrected chi connectivity index (χ1v) is 5.82. The molecular formula is C13H19NO. The van der Waals surface area contributed by atoms with Crippen molar-refractivity contribution in [1.82, 2.24) is 0 Å². The summed E-state index contributed by atoms with van der Waals surface area (Å²) < 4.78 is 0. The van der Waals surface area contributed by atoms with Crippen molar-refractivity contribution in [3.63, 3.8) is 0 Å². The second-order valence-electron chi connectivity index (χ2n) is 4.52. The lowest BCUT2D eigenvalue weighted by atomic mass is 9.81. The molecule has 1 atom stereocenters. The van der Waals surface area contributed by atoms with Gasteiger partial charge in [0.05, 0.1) is 0 Å². The van der Waals surface area contributed by atoms with Gasteiger partial charge < -0.3 is 10.8 Å². The topological polar surface area (TPSA) is 46.2 Å². The maximum absolute atomic E-state index is 9.21. The van der Waals surface area contributed by atoms with Crippen LogP contribution in [0.15, 0.2) is 24.3 Å². The van der Waals surface area contributed by atoms with Crippen molar-refractivity contribution in [2.24, 2.45) is 11.7 Å². The molecule has 3 N–H and O–H groups in total. The van der Waals surface area contributed by atoms with Crippen molar-refractivity contribution in [1.29, 1.82) is 0 Å². The SMILES string of the molecule is N[C@H](c1ccc(O)cc1)C1CCCCC1. The molecule has 0 radical (unpaired) electrons. The van der Waals surface area contributed by atoms with Crippen LogP contribution in [-0.4, -0.2) is 5.11 Å². The number of phenols is 1. The van der Waals surface area contributed by atoms with Crippen LogP contribution in [0.25, 0.3) is 0 Å². The van der Waals surface area contributed by atoms with Crippen molar-refractivity contribution < 1.29 is 5.11 Å². The molecule has 2 rings (SSSR count). The Morgan fingerprint density at radius 2 is 1.67 bits per heavy atom. The first-order valence-electron chi connectivity index (χ1n) is 5.82. The molecule has 1 aromatic rings. The van der Waals surface area contributed by atoms with Crippen LogP contribution in [0, 0.1) is 5.92 Å². The van der Waals surface area contributed by atoms with E-state index in [1.54, 1.807) is 12.1 Å². The van der Waals surface area contributed by atoms with E-state index in [2.05, 4.69) is 0 Å². The minimum atomic E-state index is 0.144. The van der Waals surface area contributed by atoms with Crippen molar-refractivity contribution in [2.45, 2.75) is 38.1 Å². The lowest BCUT2D eigenvalue weighted by Crippen LogP contribution is -2.23. The summed E-state index contributed by atoms with van der Waals surface area (Å²) in [5, 5.41) is 9.21. The van der Waals surface area contributed by atoms with E-state index < -0.39 is 0 Å². The van der Waals surface area contributed by atoms with E-state index in [1.807, 2.05) is 12.1 Å². The Balaban J connectivity index is 2.05. The van der Waals surface area contributed by atoms with Gasteiger partial charge in [-0.05, 0) is 36.5 Å². The molecular weight excluding hydrogens is 186 g/mol. The normalized spacial score (nSPS) is 20.1. The fourth-order valence-corrected chi connectivity index (χ4v) is 2.46. The van der Waals surface area contributed by atoms with Crippen LogP contribution in [0.1, 0.15) is 43.7 Å². The van der Waals surface area contributed by atoms with Crippen LogP contribution in [0.4, 0.5) is 0 Å². The zero-order valence-electron chi connectivity index (χ0n) is 9.02. The lowest BCUT2D eigenvalue weighted by Gasteiger charge is -2.27. The summed E-state index contributed by atoms with van der Waals surface area (Å²) in [5.41, 5.74) is 7.39. The Labute approximate surface area is 91.1 Å². The zero-order chi connectivity index (χ0) is 10.7. The lowest BCUT2D eigenvalue weighted by molar-refractivity contribution is 0.308. The average molecular weight is 205 g/mol. The van der Waals surface area contributed by atoms with Gasteiger partial charge in [-0.1, -0.05) is 31.4 Å². The Kier molecular flexibility index (Phi) is 3.27. The Bertz CT molecular complexity index is 301. The van der Waals surface area contributed by atoms with E-state index in [0.29, 0.717) is 11.7 Å². The molecule has 0 bridgehead atoms. The molecule has 0 aromatic heterocycles. The predicted molar refractivity (Wildman–Crippen MR) is 61.6 cm³/mol. The largest absolute Gasteiger partial charge is 0.508 e. The molecule has 1 saturated carbocycles. The van der Waals surface area contributed by atoms with E-state index in [1.165, 1.54) is 32.1 Å². The summed E-state index contributed by atoms with van der Waals surface area (Å²) in [4.78, 5) is 0. The number of rotatable bonds is 2. The standard InChI is InChI=1S/C13H19NO/c14-13(10-4-2-1-3-5-10)11-6-8-12(15)9-7-11/h6-10,13,15H,1-5,14H2/t13-/m0/s1. The molecule has 15 heavy (non-hydrogen) atoms. The fraction of sp³-hybridized carbons (Fsp3) is 0.538. The maximum atomic E-state index is 9.21. The van der Waals surface area contributed by atoms with Gasteiger partial charge >= 0.3 is 0 Å². The summed E-state index contributed by atoms with van der Waals surface area (Å²) in [6, 6.07) is 7.46. The van der Waals surface area contributed by atoms with Gasteiger partial charge in [-0.2, -0.15) is 0 Å². The van der Waals surface area contributed by atoms with Gasteiger partial charge in [0.2, 0.25) is 0 Å². The molecule has 1 aliphatic rings. The fourth-order valence-electron chi connectivity index (χ4n) is 2.46. The molecule has 0 heterocycles. The van der Waals surface area contributed by atoms with Gasteiger partial charge in [0.15, 0.2) is 0 Å². The third-order valence-electron chi connectivity index (χ3n) is 3.44. The molecule has 0 unspecified atom stereocenters. The maximum Gasteiger partial charge on any atom is 0.115 e. The number of hydrogen-bond acceptors (Lipinski definition) is 2. The van der Waals surface area contributed by atoms with Gasteiger partial charge in [-0.3, -0.25) is 0 Å². The summed E-state index contributed by atoms with van der Waals surface area (Å²) in [6.07, 6.45) is 6.50. The molecule has 1 aromatic carbocycles. The van der Waals surface area contributed by atoms with Gasteiger partial charge in [0, 0.05) is 6.04 Å². The smallest absolute Gasteiger partial charge is 0.115 e. The Hall–Kier alpha value is -1.02. The molecule has 2 heteroatoms. The van der Waals surface area contributed by atoms with E-state index >= 15 is 0 Å². The molecule has 1 aliphatic carbocycles. The van der Waals surface area contributed by atoms with Crippen LogP contribution < -0.4 is 5.73 Å². The molecule has 1 fully saturated rings. The summed E-state index contributed by atoms with van der Waals surface area (Å²) in [6.45, 7) is 0. The Morgan fingerprint density at radius 1 is 1.07 bits per heavy atom. The van der Waals surface area contributed by atoms with Crippen LogP contribution in [-0.2, 0) is 0 Å². The van der Waals surface area contributed by atoms with E-state index in [-0.39, 0.29) is 6.04 Å². The van der Waals surface area contributed by atoms with Crippen LogP contribution in [0.5, 0.6) is 5.75 Å². The predicted octanol–water partition coefficient (Wildman–Crippen LogP) is 2.97. The number of phenolic OH excluding ortho intramolecular Hbond substituents is 1. The van der Waals surface area contributed by atoms with Crippen LogP contribution in [0.3, 0.4) is 0 Å². The first kappa shape index (κ1) is 10.5. The highest BCUT2D eigenvalue weighted by molar-refractivity contribution is 5.28. The second-order valence-corrected chi connectivity index (χ2v) is 4.52. The molecule has 82 valence electrons. The highest BCUT2D eigenvalue weighted by atomic mass is 16.3. The highest BCUT2D eigenvalue weighted by Crippen LogP contribution is 2.33. The molecule has 0 spiro atoms. The molecule has 2 nitrogen and oxygen atoms in total. The number of aromatic hydroxyl groups is 1. The van der Waals surface area contributed by atoms with Crippen molar-refractivity contribution in [3.05, 3.63) is 29.8 Å². The van der Waals surface area contributed by atoms with Crippen LogP contribution >= 0.6 is 0 Å². The molecule has 0 amide bonds. The Morgan fingerprint density at radius 3 is 2.27 bits per heavy atom. The van der Waals surface area contributed by atoms with Crippen molar-refractivity contribution in [3.8, 4) is 5.75 Å². The minimum Gasteiger partial charge on any atom is -0.508 e. The number of hydrogen-bond donors (Lipinski definition) is 2. The summed E-state index contributed by atoms with van der Waals surface area (Å²) in [7, 11) is 0. The number of benzene rings is 1. The first-order chi connectivity index (χ1) is 7.27. The molecule has 0 aliphatic heterocycles. The van der Waals surface area contributed by atoms with E-state index in [4.69, 9.17) is 5.73 Å². The van der Waals surface area contributed by atoms with Gasteiger partial charge in [-0.15, -0.1) is 0 Å². The quantitative estimate of drug-likeness (QED) is 0.779. The third kappa shape index (κ3) is 2.51. The summed E-state index contributed by atoms with van der Waals surface area (Å²) >= 11 is 0. The van der Waals surface area contributed by atoms with Gasteiger partial charge in [-0.25, -0.2) is 0 Å².